The van der Waals surface area contributed by atoms with Crippen LogP contribution in [-0.2, 0) is 12.7 Å². The van der Waals surface area contributed by atoms with Crippen LogP contribution in [0.5, 0.6) is 0 Å². The highest BCUT2D eigenvalue weighted by molar-refractivity contribution is 9.10. The SMILES string of the molecule is CN(Cc1ccc(Br)cc1)C(=O)c1ccc(C(F)(F)F)nc1. The van der Waals surface area contributed by atoms with Crippen molar-refractivity contribution in [3.8, 4) is 0 Å². The number of amides is 1. The lowest BCUT2D eigenvalue weighted by Gasteiger charge is -2.17. The predicted molar refractivity (Wildman–Crippen MR) is 79.2 cm³/mol. The van der Waals surface area contributed by atoms with E-state index in [1.54, 1.807) is 7.05 Å². The second kappa shape index (κ2) is 6.48. The average Bonchev–Trinajstić information content (AvgIpc) is 2.48. The number of hydrogen-bond acceptors (Lipinski definition) is 2. The summed E-state index contributed by atoms with van der Waals surface area (Å²) >= 11 is 3.32. The third-order valence-electron chi connectivity index (χ3n) is 2.98. The van der Waals surface area contributed by atoms with Gasteiger partial charge in [0, 0.05) is 24.3 Å². The van der Waals surface area contributed by atoms with Gasteiger partial charge >= 0.3 is 6.18 Å². The molecule has 0 aliphatic carbocycles. The van der Waals surface area contributed by atoms with Crippen molar-refractivity contribution in [1.82, 2.24) is 9.88 Å². The number of hydrogen-bond donors (Lipinski definition) is 0. The van der Waals surface area contributed by atoms with Crippen LogP contribution in [0.2, 0.25) is 0 Å². The molecule has 1 aromatic heterocycles. The Hall–Kier alpha value is -1.89. The fraction of sp³-hybridized carbons (Fsp3) is 0.200. The minimum Gasteiger partial charge on any atom is -0.337 e. The number of alkyl halides is 3. The molecular weight excluding hydrogens is 361 g/mol. The van der Waals surface area contributed by atoms with Crippen LogP contribution in [0.4, 0.5) is 13.2 Å². The van der Waals surface area contributed by atoms with Gasteiger partial charge in [-0.15, -0.1) is 0 Å². The molecule has 1 aromatic carbocycles. The number of halogens is 4. The van der Waals surface area contributed by atoms with Gasteiger partial charge in [-0.25, -0.2) is 0 Å². The summed E-state index contributed by atoms with van der Waals surface area (Å²) in [6.45, 7) is 0.354. The van der Waals surface area contributed by atoms with E-state index in [0.717, 1.165) is 28.4 Å². The number of rotatable bonds is 3. The van der Waals surface area contributed by atoms with Crippen molar-refractivity contribution in [2.24, 2.45) is 0 Å². The summed E-state index contributed by atoms with van der Waals surface area (Å²) in [6.07, 6.45) is -3.56. The standard InChI is InChI=1S/C15H12BrF3N2O/c1-21(9-10-2-5-12(16)6-3-10)14(22)11-4-7-13(20-8-11)15(17,18)19/h2-8H,9H2,1H3. The Morgan fingerprint density at radius 2 is 1.82 bits per heavy atom. The molecule has 116 valence electrons. The van der Waals surface area contributed by atoms with Gasteiger partial charge < -0.3 is 4.90 Å². The molecule has 0 saturated heterocycles. The van der Waals surface area contributed by atoms with Crippen LogP contribution in [0.25, 0.3) is 0 Å². The van der Waals surface area contributed by atoms with Crippen molar-refractivity contribution in [3.63, 3.8) is 0 Å². The van der Waals surface area contributed by atoms with Crippen molar-refractivity contribution in [3.05, 3.63) is 63.9 Å². The van der Waals surface area contributed by atoms with E-state index in [4.69, 9.17) is 0 Å². The van der Waals surface area contributed by atoms with Crippen LogP contribution in [0.15, 0.2) is 47.1 Å². The van der Waals surface area contributed by atoms with Crippen LogP contribution >= 0.6 is 15.9 Å². The summed E-state index contributed by atoms with van der Waals surface area (Å²) in [4.78, 5) is 16.9. The highest BCUT2D eigenvalue weighted by Crippen LogP contribution is 2.27. The third kappa shape index (κ3) is 4.07. The lowest BCUT2D eigenvalue weighted by molar-refractivity contribution is -0.141. The van der Waals surface area contributed by atoms with Crippen LogP contribution in [0.3, 0.4) is 0 Å². The van der Waals surface area contributed by atoms with E-state index in [2.05, 4.69) is 20.9 Å². The van der Waals surface area contributed by atoms with Gasteiger partial charge in [-0.2, -0.15) is 13.2 Å². The molecule has 0 bridgehead atoms. The maximum Gasteiger partial charge on any atom is 0.433 e. The molecule has 0 radical (unpaired) electrons. The maximum absolute atomic E-state index is 12.4. The summed E-state index contributed by atoms with van der Waals surface area (Å²) in [5.74, 6) is -0.385. The smallest absolute Gasteiger partial charge is 0.337 e. The first-order valence-electron chi connectivity index (χ1n) is 6.30. The zero-order chi connectivity index (χ0) is 16.3. The van der Waals surface area contributed by atoms with Gasteiger partial charge in [0.05, 0.1) is 5.56 Å². The molecule has 0 aliphatic heterocycles. The van der Waals surface area contributed by atoms with Crippen LogP contribution < -0.4 is 0 Å². The molecule has 1 heterocycles. The molecule has 2 aromatic rings. The first kappa shape index (κ1) is 16.5. The molecule has 0 fully saturated rings. The van der Waals surface area contributed by atoms with Gasteiger partial charge in [-0.05, 0) is 29.8 Å². The number of pyridine rings is 1. The van der Waals surface area contributed by atoms with E-state index in [-0.39, 0.29) is 11.5 Å². The summed E-state index contributed by atoms with van der Waals surface area (Å²) in [5.41, 5.74) is 0.0196. The minimum absolute atomic E-state index is 0.118. The molecule has 0 aliphatic rings. The van der Waals surface area contributed by atoms with E-state index in [1.165, 1.54) is 4.90 Å². The number of nitrogens with zero attached hydrogens (tertiary/aromatic N) is 2. The second-order valence-corrected chi connectivity index (χ2v) is 5.63. The molecular formula is C15H12BrF3N2O. The number of carbonyl (C=O) groups is 1. The van der Waals surface area contributed by atoms with Gasteiger partial charge in [-0.1, -0.05) is 28.1 Å². The van der Waals surface area contributed by atoms with Crippen molar-refractivity contribution in [2.45, 2.75) is 12.7 Å². The predicted octanol–water partition coefficient (Wildman–Crippen LogP) is 4.14. The fourth-order valence-electron chi connectivity index (χ4n) is 1.84. The molecule has 0 saturated carbocycles. The van der Waals surface area contributed by atoms with Crippen molar-refractivity contribution in [1.29, 1.82) is 0 Å². The highest BCUT2D eigenvalue weighted by atomic mass is 79.9. The first-order chi connectivity index (χ1) is 10.3. The Labute approximate surface area is 133 Å². The maximum atomic E-state index is 12.4. The summed E-state index contributed by atoms with van der Waals surface area (Å²) in [5, 5.41) is 0. The Morgan fingerprint density at radius 1 is 1.18 bits per heavy atom. The first-order valence-corrected chi connectivity index (χ1v) is 7.10. The van der Waals surface area contributed by atoms with Crippen LogP contribution in [0.1, 0.15) is 21.6 Å². The van der Waals surface area contributed by atoms with E-state index < -0.39 is 11.9 Å². The topological polar surface area (TPSA) is 33.2 Å². The van der Waals surface area contributed by atoms with Crippen molar-refractivity contribution >= 4 is 21.8 Å². The Morgan fingerprint density at radius 3 is 2.32 bits per heavy atom. The minimum atomic E-state index is -4.51. The summed E-state index contributed by atoms with van der Waals surface area (Å²) in [6, 6.07) is 9.37. The number of carbonyl (C=O) groups excluding carboxylic acids is 1. The molecule has 22 heavy (non-hydrogen) atoms. The molecule has 1 amide bonds. The second-order valence-electron chi connectivity index (χ2n) is 4.72. The van der Waals surface area contributed by atoms with Crippen LogP contribution in [-0.4, -0.2) is 22.8 Å². The van der Waals surface area contributed by atoms with E-state index >= 15 is 0 Å². The number of aromatic nitrogens is 1. The highest BCUT2D eigenvalue weighted by Gasteiger charge is 2.32. The lowest BCUT2D eigenvalue weighted by Crippen LogP contribution is -2.26. The van der Waals surface area contributed by atoms with Crippen molar-refractivity contribution in [2.75, 3.05) is 7.05 Å². The molecule has 0 atom stereocenters. The number of benzene rings is 1. The molecule has 2 rings (SSSR count). The van der Waals surface area contributed by atoms with Gasteiger partial charge in [-0.3, -0.25) is 9.78 Å². The zero-order valence-corrected chi connectivity index (χ0v) is 13.1. The molecule has 0 unspecified atom stereocenters. The largest absolute Gasteiger partial charge is 0.433 e. The zero-order valence-electron chi connectivity index (χ0n) is 11.6. The van der Waals surface area contributed by atoms with E-state index in [9.17, 15) is 18.0 Å². The Balaban J connectivity index is 2.08. The van der Waals surface area contributed by atoms with E-state index in [0.29, 0.717) is 6.54 Å². The summed E-state index contributed by atoms with van der Waals surface area (Å²) < 4.78 is 38.2. The molecule has 3 nitrogen and oxygen atoms in total. The van der Waals surface area contributed by atoms with Gasteiger partial charge in [0.2, 0.25) is 0 Å². The lowest BCUT2D eigenvalue weighted by atomic mass is 10.2. The molecule has 0 spiro atoms. The van der Waals surface area contributed by atoms with Crippen LogP contribution in [0, 0.1) is 0 Å². The quantitative estimate of drug-likeness (QED) is 0.811. The van der Waals surface area contributed by atoms with Gasteiger partial charge in [0.25, 0.3) is 5.91 Å². The molecule has 7 heteroatoms. The van der Waals surface area contributed by atoms with E-state index in [1.807, 2.05) is 24.3 Å². The van der Waals surface area contributed by atoms with Gasteiger partial charge in [0.15, 0.2) is 0 Å². The van der Waals surface area contributed by atoms with Crippen molar-refractivity contribution < 1.29 is 18.0 Å². The molecule has 0 N–H and O–H groups in total. The summed E-state index contributed by atoms with van der Waals surface area (Å²) in [7, 11) is 1.59. The van der Waals surface area contributed by atoms with Gasteiger partial charge in [0.1, 0.15) is 5.69 Å². The average molecular weight is 373 g/mol. The normalized spacial score (nSPS) is 11.3. The third-order valence-corrected chi connectivity index (χ3v) is 3.51. The Bertz CT molecular complexity index is 654. The Kier molecular flexibility index (Phi) is 4.85. The fourth-order valence-corrected chi connectivity index (χ4v) is 2.11. The monoisotopic (exact) mass is 372 g/mol.